The summed E-state index contributed by atoms with van der Waals surface area (Å²) in [4.78, 5) is 11.6. The van der Waals surface area contributed by atoms with Gasteiger partial charge in [0.1, 0.15) is 26.5 Å². The Hall–Kier alpha value is -0.736. The number of benzene rings is 2. The Morgan fingerprint density at radius 3 is 2.66 bits per heavy atom. The molecule has 1 radical (unpaired) electrons. The maximum Gasteiger partial charge on any atom is 0.322 e. The van der Waals surface area contributed by atoms with Crippen LogP contribution in [0.5, 0.6) is 11.5 Å². The zero-order valence-corrected chi connectivity index (χ0v) is 22.3. The summed E-state index contributed by atoms with van der Waals surface area (Å²) in [5.74, 6) is 0.478. The van der Waals surface area contributed by atoms with Gasteiger partial charge in [0.2, 0.25) is 0 Å². The molecule has 2 aromatic carbocycles. The minimum atomic E-state index is -0.466. The first kappa shape index (κ1) is 26.3. The number of esters is 1. The van der Waals surface area contributed by atoms with E-state index in [1.807, 2.05) is 43.3 Å². The summed E-state index contributed by atoms with van der Waals surface area (Å²) >= 11 is 0. The summed E-state index contributed by atoms with van der Waals surface area (Å²) in [7, 11) is 1.22. The Labute approximate surface area is 208 Å². The van der Waals surface area contributed by atoms with Gasteiger partial charge in [0.15, 0.2) is 0 Å². The van der Waals surface area contributed by atoms with Crippen molar-refractivity contribution in [2.75, 3.05) is 7.11 Å². The van der Waals surface area contributed by atoms with Crippen LogP contribution in [-0.4, -0.2) is 24.2 Å². The molecule has 5 nitrogen and oxygen atoms in total. The van der Waals surface area contributed by atoms with Crippen molar-refractivity contribution in [3.63, 3.8) is 0 Å². The molecule has 2 aromatic rings. The fourth-order valence-corrected chi connectivity index (χ4v) is 3.58. The molecule has 0 aromatic heterocycles. The van der Waals surface area contributed by atoms with Gasteiger partial charge in [-0.3, -0.25) is 9.88 Å². The molecule has 2 rings (SSSR count). The predicted molar refractivity (Wildman–Crippen MR) is 115 cm³/mol. The molecule has 155 valence electrons. The third-order valence-electron chi connectivity index (χ3n) is 4.51. The fraction of sp³-hybridized carbons (Fsp3) is 0.409. The number of aromatic hydroxyl groups is 1. The van der Waals surface area contributed by atoms with Gasteiger partial charge >= 0.3 is 5.97 Å². The van der Waals surface area contributed by atoms with Crippen LogP contribution in [0.2, 0.25) is 0 Å². The minimum absolute atomic E-state index is 0. The first-order valence-electron chi connectivity index (χ1n) is 9.64. The molecule has 0 saturated heterocycles. The minimum Gasteiger partial charge on any atom is -0.507 e. The summed E-state index contributed by atoms with van der Waals surface area (Å²) in [6, 6.07) is 11.3. The van der Waals surface area contributed by atoms with Gasteiger partial charge in [-0.15, -0.1) is 0 Å². The van der Waals surface area contributed by atoms with E-state index in [4.69, 9.17) is 9.26 Å². The number of aryl methyl sites for hydroxylation is 2. The molecule has 0 bridgehead atoms. The van der Waals surface area contributed by atoms with Gasteiger partial charge < -0.3 is 14.4 Å². The molecular formula is C22H30NO4PPr. The number of carbonyl (C=O) groups is 1. The molecule has 2 atom stereocenters. The van der Waals surface area contributed by atoms with Gasteiger partial charge in [0.25, 0.3) is 0 Å². The van der Waals surface area contributed by atoms with Crippen LogP contribution in [0, 0.1) is 48.2 Å². The Kier molecular flexibility index (Phi) is 12.3. The van der Waals surface area contributed by atoms with Gasteiger partial charge in [-0.25, -0.2) is 0 Å². The first-order chi connectivity index (χ1) is 13.5. The van der Waals surface area contributed by atoms with Crippen molar-refractivity contribution < 1.29 is 60.5 Å². The van der Waals surface area contributed by atoms with E-state index in [2.05, 4.69) is 12.0 Å². The third-order valence-corrected chi connectivity index (χ3v) is 5.38. The van der Waals surface area contributed by atoms with Crippen LogP contribution in [-0.2, 0) is 16.0 Å². The number of rotatable bonds is 10. The molecule has 1 unspecified atom stereocenters. The molecule has 0 fully saturated rings. The van der Waals surface area contributed by atoms with Gasteiger partial charge in [0.05, 0.1) is 12.7 Å². The van der Waals surface area contributed by atoms with Crippen molar-refractivity contribution in [3.05, 3.63) is 47.5 Å². The van der Waals surface area contributed by atoms with Crippen LogP contribution in [0.25, 0.3) is 11.1 Å². The average Bonchev–Trinajstić information content (AvgIpc) is 2.67. The van der Waals surface area contributed by atoms with Crippen LogP contribution < -0.4 is 9.61 Å². The second-order valence-corrected chi connectivity index (χ2v) is 7.60. The van der Waals surface area contributed by atoms with Crippen LogP contribution in [0.4, 0.5) is 0 Å². The molecule has 0 heterocycles. The molecule has 0 amide bonds. The molecule has 0 spiro atoms. The summed E-state index contributed by atoms with van der Waals surface area (Å²) in [5.41, 5.74) is 3.72. The van der Waals surface area contributed by atoms with Gasteiger partial charge in [-0.1, -0.05) is 49.6 Å². The smallest absolute Gasteiger partial charge is 0.322 e. The zero-order chi connectivity index (χ0) is 20.5. The number of phenols is 1. The van der Waals surface area contributed by atoms with E-state index in [0.717, 1.165) is 42.4 Å². The molecule has 2 N–H and O–H groups in total. The number of carbonyl (C=O) groups excluding carboxylic acids is 1. The topological polar surface area (TPSA) is 67.8 Å². The summed E-state index contributed by atoms with van der Waals surface area (Å²) in [6.45, 7) is 5.91. The van der Waals surface area contributed by atoms with E-state index in [0.29, 0.717) is 11.3 Å². The predicted octanol–water partition coefficient (Wildman–Crippen LogP) is 5.14. The van der Waals surface area contributed by atoms with Crippen molar-refractivity contribution in [2.45, 2.75) is 52.5 Å². The Balaban J connectivity index is 0.00000420. The Morgan fingerprint density at radius 2 is 2.00 bits per heavy atom. The molecule has 7 heteroatoms. The quantitative estimate of drug-likeness (QED) is 0.247. The van der Waals surface area contributed by atoms with E-state index in [-0.39, 0.29) is 62.0 Å². The van der Waals surface area contributed by atoms with Crippen molar-refractivity contribution in [3.8, 4) is 22.6 Å². The average molecular weight is 544 g/mol. The van der Waals surface area contributed by atoms with Crippen LogP contribution >= 0.6 is 8.96 Å². The van der Waals surface area contributed by atoms with E-state index in [1.165, 1.54) is 7.11 Å². The standard InChI is InChI=1S/C22H30NO4P.Pr/c1-5-6-7-10-17-13-19(24)21(18-11-8-9-15(2)12-18)20(14-17)27-28-23-16(3)22(25)26-4;/h8-9,11-14,16,23-24,28H,5-7,10H2,1-4H3;/t16-;/m0./s1. The molecular weight excluding hydrogens is 514 g/mol. The summed E-state index contributed by atoms with van der Waals surface area (Å²) < 4.78 is 10.7. The Morgan fingerprint density at radius 1 is 1.24 bits per heavy atom. The molecule has 0 aliphatic carbocycles. The SMILES string of the molecule is CCCCCc1cc(O)c(-c2cccc(C)c2)c(OPN[C@@H](C)C(=O)OC)c1.[Pr]. The van der Waals surface area contributed by atoms with Gasteiger partial charge in [-0.05, 0) is 49.9 Å². The number of ether oxygens (including phenoxy) is 1. The van der Waals surface area contributed by atoms with Crippen molar-refractivity contribution >= 4 is 14.9 Å². The first-order valence-corrected chi connectivity index (χ1v) is 10.5. The van der Waals surface area contributed by atoms with Gasteiger partial charge in [-0.2, -0.15) is 0 Å². The van der Waals surface area contributed by atoms with E-state index in [1.54, 1.807) is 6.92 Å². The molecule has 0 aliphatic rings. The third kappa shape index (κ3) is 8.13. The number of methoxy groups -OCH3 is 1. The number of hydrogen-bond donors (Lipinski definition) is 2. The molecule has 0 saturated carbocycles. The van der Waals surface area contributed by atoms with Crippen molar-refractivity contribution in [1.82, 2.24) is 5.09 Å². The maximum absolute atomic E-state index is 11.6. The second kappa shape index (κ2) is 13.5. The number of unbranched alkanes of at least 4 members (excludes halogenated alkanes) is 2. The summed E-state index contributed by atoms with van der Waals surface area (Å²) in [6.07, 6.45) is 4.25. The van der Waals surface area contributed by atoms with E-state index < -0.39 is 6.04 Å². The molecule has 0 aliphatic heterocycles. The van der Waals surface area contributed by atoms with Crippen LogP contribution in [0.15, 0.2) is 36.4 Å². The monoisotopic (exact) mass is 544 g/mol. The number of hydrogen-bond acceptors (Lipinski definition) is 5. The largest absolute Gasteiger partial charge is 0.507 e. The second-order valence-electron chi connectivity index (χ2n) is 6.91. The maximum atomic E-state index is 11.6. The fourth-order valence-electron chi connectivity index (χ4n) is 2.96. The van der Waals surface area contributed by atoms with E-state index in [9.17, 15) is 9.90 Å². The van der Waals surface area contributed by atoms with Crippen molar-refractivity contribution in [1.29, 1.82) is 0 Å². The normalized spacial score (nSPS) is 11.9. The van der Waals surface area contributed by atoms with Crippen LogP contribution in [0.3, 0.4) is 0 Å². The van der Waals surface area contributed by atoms with Gasteiger partial charge in [0, 0.05) is 41.3 Å². The zero-order valence-electron chi connectivity index (χ0n) is 17.6. The number of nitrogens with one attached hydrogen (secondary N) is 1. The Bertz CT molecular complexity index is 800. The van der Waals surface area contributed by atoms with E-state index >= 15 is 0 Å². The summed E-state index contributed by atoms with van der Waals surface area (Å²) in [5, 5.41) is 13.7. The van der Waals surface area contributed by atoms with Crippen molar-refractivity contribution in [2.24, 2.45) is 0 Å². The molecule has 29 heavy (non-hydrogen) atoms. The number of phenolic OH excluding ortho intramolecular Hbond substituents is 1. The van der Waals surface area contributed by atoms with Crippen LogP contribution in [0.1, 0.15) is 44.2 Å².